The highest BCUT2D eigenvalue weighted by atomic mass is 32.3. The van der Waals surface area contributed by atoms with Gasteiger partial charge in [-0.15, -0.1) is 0 Å². The van der Waals surface area contributed by atoms with Crippen LogP contribution in [0.25, 0.3) is 0 Å². The van der Waals surface area contributed by atoms with E-state index in [1.807, 2.05) is 0 Å². The lowest BCUT2D eigenvalue weighted by Gasteiger charge is -2.39. The number of ether oxygens (including phenoxy) is 3. The second kappa shape index (κ2) is 10.6. The summed E-state index contributed by atoms with van der Waals surface area (Å²) in [7, 11) is -2.01. The number of thioether (sulfide) groups is 1. The fraction of sp³-hybridized carbons (Fsp3) is 0.562. The van der Waals surface area contributed by atoms with E-state index in [2.05, 4.69) is 9.44 Å². The number of hydrogen-bond acceptors (Lipinski definition) is 12. The van der Waals surface area contributed by atoms with E-state index in [1.165, 1.54) is 14.2 Å². The van der Waals surface area contributed by atoms with Crippen molar-refractivity contribution < 1.29 is 51.9 Å². The topological polar surface area (TPSA) is 185 Å². The van der Waals surface area contributed by atoms with E-state index in [1.54, 1.807) is 18.2 Å². The highest BCUT2D eigenvalue weighted by Gasteiger charge is 2.44. The Kier molecular flexibility index (Phi) is 8.69. The van der Waals surface area contributed by atoms with Gasteiger partial charge in [-0.2, -0.15) is 8.42 Å². The molecule has 0 amide bonds. The molecule has 0 radical (unpaired) electrons. The monoisotopic (exact) mass is 469 g/mol. The van der Waals surface area contributed by atoms with E-state index < -0.39 is 46.9 Å². The van der Waals surface area contributed by atoms with E-state index in [9.17, 15) is 28.8 Å². The van der Waals surface area contributed by atoms with Crippen LogP contribution < -0.4 is 9.47 Å². The minimum Gasteiger partial charge on any atom is -0.493 e. The normalized spacial score (nSPS) is 27.6. The molecular weight excluding hydrogens is 446 g/mol. The van der Waals surface area contributed by atoms with E-state index >= 15 is 0 Å². The number of benzene rings is 1. The molecule has 0 bridgehead atoms. The van der Waals surface area contributed by atoms with Gasteiger partial charge >= 0.3 is 10.4 Å². The molecule has 0 aliphatic carbocycles. The van der Waals surface area contributed by atoms with Crippen LogP contribution >= 0.6 is 11.8 Å². The van der Waals surface area contributed by atoms with Crippen molar-refractivity contribution in [2.45, 2.75) is 36.3 Å². The fourth-order valence-corrected chi connectivity index (χ4v) is 3.98. The Morgan fingerprint density at radius 1 is 1.13 bits per heavy atom. The van der Waals surface area contributed by atoms with Crippen LogP contribution in [0.3, 0.4) is 0 Å². The first-order valence-electron chi connectivity index (χ1n) is 8.50. The zero-order chi connectivity index (χ0) is 22.5. The van der Waals surface area contributed by atoms with Crippen LogP contribution in [0.2, 0.25) is 0 Å². The molecule has 1 heterocycles. The van der Waals surface area contributed by atoms with Gasteiger partial charge < -0.3 is 34.6 Å². The largest absolute Gasteiger partial charge is 0.493 e. The van der Waals surface area contributed by atoms with Crippen LogP contribution in [0.5, 0.6) is 11.5 Å². The molecule has 5 unspecified atom stereocenters. The minimum atomic E-state index is -4.90. The minimum absolute atomic E-state index is 0.0461. The number of oxime groups is 1. The summed E-state index contributed by atoms with van der Waals surface area (Å²) >= 11 is 0.681. The van der Waals surface area contributed by atoms with Gasteiger partial charge in [-0.1, -0.05) is 23.0 Å². The molecule has 0 saturated carbocycles. The maximum absolute atomic E-state index is 10.9. The standard InChI is InChI=1S/C16H23NO11S2/c1-25-9-4-3-8(5-10(9)26-2)6-12(17-28-30(22,23)24)29-16-15(21)14(20)13(19)11(7-18)27-16/h3-5,11,13-16,18-21H,6-7H2,1-2H3,(H,22,23,24). The van der Waals surface area contributed by atoms with Crippen LogP contribution in [0.15, 0.2) is 23.4 Å². The summed E-state index contributed by atoms with van der Waals surface area (Å²) < 4.78 is 50.4. The lowest BCUT2D eigenvalue weighted by atomic mass is 10.0. The maximum Gasteiger partial charge on any atom is 0.466 e. The molecule has 1 aromatic carbocycles. The first-order valence-corrected chi connectivity index (χ1v) is 10.7. The molecule has 30 heavy (non-hydrogen) atoms. The molecule has 1 aromatic rings. The molecule has 170 valence electrons. The van der Waals surface area contributed by atoms with E-state index in [0.29, 0.717) is 28.8 Å². The highest BCUT2D eigenvalue weighted by molar-refractivity contribution is 8.14. The second-order valence-corrected chi connectivity index (χ2v) is 8.34. The van der Waals surface area contributed by atoms with Gasteiger partial charge in [-0.05, 0) is 17.7 Å². The molecule has 0 aromatic heterocycles. The van der Waals surface area contributed by atoms with Crippen LogP contribution in [-0.4, -0.2) is 89.1 Å². The molecule has 5 N–H and O–H groups in total. The van der Waals surface area contributed by atoms with Crippen LogP contribution in [0, 0.1) is 0 Å². The van der Waals surface area contributed by atoms with Gasteiger partial charge in [0.15, 0.2) is 11.5 Å². The zero-order valence-corrected chi connectivity index (χ0v) is 17.6. The summed E-state index contributed by atoms with van der Waals surface area (Å²) in [6, 6.07) is 4.84. The Labute approximate surface area is 177 Å². The molecule has 12 nitrogen and oxygen atoms in total. The predicted molar refractivity (Wildman–Crippen MR) is 105 cm³/mol. The zero-order valence-electron chi connectivity index (χ0n) is 16.0. The molecular formula is C16H23NO11S2. The van der Waals surface area contributed by atoms with Crippen molar-refractivity contribution in [2.75, 3.05) is 20.8 Å². The lowest BCUT2D eigenvalue weighted by Crippen LogP contribution is -2.57. The smallest absolute Gasteiger partial charge is 0.466 e. The van der Waals surface area contributed by atoms with Crippen LogP contribution in [0.4, 0.5) is 0 Å². The summed E-state index contributed by atoms with van der Waals surface area (Å²) in [6.07, 6.45) is -5.98. The molecule has 2 rings (SSSR count). The van der Waals surface area contributed by atoms with Crippen LogP contribution in [0.1, 0.15) is 5.56 Å². The number of aliphatic hydroxyl groups excluding tert-OH is 4. The average molecular weight is 469 g/mol. The fourth-order valence-electron chi connectivity index (χ4n) is 2.65. The molecule has 14 heteroatoms. The van der Waals surface area contributed by atoms with Crippen molar-refractivity contribution in [2.24, 2.45) is 5.16 Å². The molecule has 1 aliphatic heterocycles. The Hall–Kier alpha value is -1.65. The van der Waals surface area contributed by atoms with Crippen molar-refractivity contribution in [1.82, 2.24) is 0 Å². The number of rotatable bonds is 8. The Morgan fingerprint density at radius 2 is 1.80 bits per heavy atom. The maximum atomic E-state index is 10.9. The van der Waals surface area contributed by atoms with Crippen molar-refractivity contribution in [3.05, 3.63) is 23.8 Å². The van der Waals surface area contributed by atoms with E-state index in [-0.39, 0.29) is 11.5 Å². The molecule has 1 fully saturated rings. The van der Waals surface area contributed by atoms with Gasteiger partial charge in [0.2, 0.25) is 0 Å². The van der Waals surface area contributed by atoms with Gasteiger partial charge in [0.1, 0.15) is 34.9 Å². The first-order chi connectivity index (χ1) is 14.1. The number of aliphatic hydroxyl groups is 4. The quantitative estimate of drug-likeness (QED) is 0.134. The Morgan fingerprint density at radius 3 is 2.37 bits per heavy atom. The SMILES string of the molecule is COc1ccc(CC(=NOS(=O)(=O)O)SC2OC(CO)C(O)C(O)C2O)cc1OC. The Bertz CT molecular complexity index is 846. The van der Waals surface area contributed by atoms with Crippen molar-refractivity contribution in [3.63, 3.8) is 0 Å². The van der Waals surface area contributed by atoms with Crippen LogP contribution in [-0.2, 0) is 25.8 Å². The van der Waals surface area contributed by atoms with Crippen molar-refractivity contribution in [1.29, 1.82) is 0 Å². The Balaban J connectivity index is 2.27. The summed E-state index contributed by atoms with van der Waals surface area (Å²) in [5, 5.41) is 42.6. The number of methoxy groups -OCH3 is 2. The third kappa shape index (κ3) is 6.42. The van der Waals surface area contributed by atoms with Crippen molar-refractivity contribution >= 4 is 27.2 Å². The lowest BCUT2D eigenvalue weighted by molar-refractivity contribution is -0.205. The third-order valence-corrected chi connectivity index (χ3v) is 5.51. The van der Waals surface area contributed by atoms with Gasteiger partial charge in [-0.3, -0.25) is 4.55 Å². The molecule has 1 saturated heterocycles. The van der Waals surface area contributed by atoms with Gasteiger partial charge in [0, 0.05) is 6.42 Å². The molecule has 1 aliphatic rings. The summed E-state index contributed by atoms with van der Waals surface area (Å²) in [5.74, 6) is 0.846. The summed E-state index contributed by atoms with van der Waals surface area (Å²) in [5.41, 5.74) is -0.660. The summed E-state index contributed by atoms with van der Waals surface area (Å²) in [4.78, 5) is 0. The number of nitrogens with zero attached hydrogens (tertiary/aromatic N) is 1. The van der Waals surface area contributed by atoms with Gasteiger partial charge in [0.25, 0.3) is 0 Å². The first kappa shape index (κ1) is 24.6. The predicted octanol–water partition coefficient (Wildman–Crippen LogP) is -1.09. The van der Waals surface area contributed by atoms with Gasteiger partial charge in [-0.25, -0.2) is 4.28 Å². The third-order valence-electron chi connectivity index (χ3n) is 4.14. The highest BCUT2D eigenvalue weighted by Crippen LogP contribution is 2.32. The average Bonchev–Trinajstić information content (AvgIpc) is 2.71. The van der Waals surface area contributed by atoms with Crippen molar-refractivity contribution in [3.8, 4) is 11.5 Å². The second-order valence-electron chi connectivity index (χ2n) is 6.17. The van der Waals surface area contributed by atoms with E-state index in [4.69, 9.17) is 18.8 Å². The number of hydrogen-bond donors (Lipinski definition) is 5. The summed E-state index contributed by atoms with van der Waals surface area (Å²) in [6.45, 7) is -0.633. The molecule has 0 spiro atoms. The van der Waals surface area contributed by atoms with E-state index in [0.717, 1.165) is 0 Å². The molecule has 5 atom stereocenters. The van der Waals surface area contributed by atoms with Gasteiger partial charge in [0.05, 0.1) is 20.8 Å².